The Morgan fingerprint density at radius 3 is 2.49 bits per heavy atom. The number of unbranched alkanes of at least 4 members (excludes halogenated alkanes) is 3. The van der Waals surface area contributed by atoms with E-state index in [-0.39, 0.29) is 41.3 Å². The molecule has 35 heavy (non-hydrogen) atoms. The van der Waals surface area contributed by atoms with Crippen LogP contribution in [0.5, 0.6) is 11.5 Å². The predicted octanol–water partition coefficient (Wildman–Crippen LogP) is 6.59. The van der Waals surface area contributed by atoms with Gasteiger partial charge in [-0.1, -0.05) is 46.5 Å². The minimum absolute atomic E-state index is 0.0438. The Bertz CT molecular complexity index is 889. The second-order valence-corrected chi connectivity index (χ2v) is 12.9. The lowest BCUT2D eigenvalue weighted by Crippen LogP contribution is -2.51. The first-order valence-electron chi connectivity index (χ1n) is 13.8. The van der Waals surface area contributed by atoms with Gasteiger partial charge in [-0.25, -0.2) is 0 Å². The summed E-state index contributed by atoms with van der Waals surface area (Å²) in [5.41, 5.74) is 1.17. The van der Waals surface area contributed by atoms with Crippen LogP contribution in [0.1, 0.15) is 123 Å². The minimum atomic E-state index is -0.435. The molecule has 5 heteroatoms. The average Bonchev–Trinajstić information content (AvgIpc) is 2.75. The van der Waals surface area contributed by atoms with Crippen LogP contribution in [-0.2, 0) is 10.2 Å². The van der Waals surface area contributed by atoms with Gasteiger partial charge in [-0.3, -0.25) is 4.79 Å². The largest absolute Gasteiger partial charge is 0.508 e. The lowest BCUT2D eigenvalue weighted by molar-refractivity contribution is -0.129. The van der Waals surface area contributed by atoms with Crippen LogP contribution in [-0.4, -0.2) is 33.9 Å². The molecule has 1 saturated carbocycles. The quantitative estimate of drug-likeness (QED) is 0.325. The van der Waals surface area contributed by atoms with Gasteiger partial charge in [-0.2, -0.15) is 0 Å². The summed E-state index contributed by atoms with van der Waals surface area (Å²) < 4.78 is 6.57. The second kappa shape index (κ2) is 10.7. The summed E-state index contributed by atoms with van der Waals surface area (Å²) in [5.74, 6) is 1.38. The number of hydrogen-bond donors (Lipinski definition) is 3. The molecule has 0 bridgehead atoms. The standard InChI is InChI=1S/C30H49NO4/c1-8-9-10-11-14-28(2,3)21-18-24(33)26-22-17-20(27(34)31-29(4,5)15-16-32)12-13-23(22)30(6,7)35-25(26)19-21/h18-20,22-23,32-33H,8-17H2,1-7H3,(H,31,34)/t20-,22-,23-/m1/s1. The second-order valence-electron chi connectivity index (χ2n) is 12.9. The Hall–Kier alpha value is -1.75. The Labute approximate surface area is 213 Å². The van der Waals surface area contributed by atoms with Gasteiger partial charge in [0, 0.05) is 29.5 Å². The fraction of sp³-hybridized carbons (Fsp3) is 0.767. The van der Waals surface area contributed by atoms with Crippen molar-refractivity contribution >= 4 is 5.91 Å². The molecular weight excluding hydrogens is 438 g/mol. The first-order chi connectivity index (χ1) is 16.3. The maximum Gasteiger partial charge on any atom is 0.223 e. The van der Waals surface area contributed by atoms with Crippen LogP contribution in [0.25, 0.3) is 0 Å². The van der Waals surface area contributed by atoms with Crippen molar-refractivity contribution in [2.75, 3.05) is 6.61 Å². The summed E-state index contributed by atoms with van der Waals surface area (Å²) in [4.78, 5) is 13.2. The molecule has 0 unspecified atom stereocenters. The summed E-state index contributed by atoms with van der Waals surface area (Å²) in [6, 6.07) is 4.10. The van der Waals surface area contributed by atoms with Gasteiger partial charge in [0.25, 0.3) is 0 Å². The number of phenols is 1. The number of phenolic OH excluding ortho intramolecular Hbond substituents is 1. The predicted molar refractivity (Wildman–Crippen MR) is 142 cm³/mol. The fourth-order valence-corrected chi connectivity index (χ4v) is 6.29. The molecule has 2 aliphatic rings. The zero-order chi connectivity index (χ0) is 26.0. The van der Waals surface area contributed by atoms with E-state index in [1.165, 1.54) is 25.7 Å². The number of aliphatic hydroxyl groups excluding tert-OH is 1. The highest BCUT2D eigenvalue weighted by atomic mass is 16.5. The molecular formula is C30H49NO4. The molecule has 1 aromatic carbocycles. The third-order valence-corrected chi connectivity index (χ3v) is 8.61. The van der Waals surface area contributed by atoms with E-state index < -0.39 is 5.54 Å². The highest BCUT2D eigenvalue weighted by Crippen LogP contribution is 2.56. The van der Waals surface area contributed by atoms with E-state index in [9.17, 15) is 15.0 Å². The van der Waals surface area contributed by atoms with Crippen molar-refractivity contribution in [2.45, 2.75) is 129 Å². The Kier molecular flexibility index (Phi) is 8.51. The average molecular weight is 488 g/mol. The van der Waals surface area contributed by atoms with E-state index in [2.05, 4.69) is 46.0 Å². The third kappa shape index (κ3) is 6.34. The fourth-order valence-electron chi connectivity index (χ4n) is 6.29. The molecule has 1 fully saturated rings. The third-order valence-electron chi connectivity index (χ3n) is 8.61. The van der Waals surface area contributed by atoms with Crippen LogP contribution in [0.2, 0.25) is 0 Å². The van der Waals surface area contributed by atoms with Crippen molar-refractivity contribution in [3.05, 3.63) is 23.3 Å². The monoisotopic (exact) mass is 487 g/mol. The molecule has 3 atom stereocenters. The number of aromatic hydroxyl groups is 1. The first kappa shape index (κ1) is 27.8. The number of aliphatic hydroxyl groups is 1. The van der Waals surface area contributed by atoms with Crippen molar-refractivity contribution < 1.29 is 19.7 Å². The molecule has 0 radical (unpaired) electrons. The molecule has 0 aromatic heterocycles. The molecule has 1 amide bonds. The zero-order valence-electron chi connectivity index (χ0n) is 23.2. The molecule has 1 aromatic rings. The number of rotatable bonds is 10. The molecule has 3 rings (SSSR count). The van der Waals surface area contributed by atoms with Gasteiger partial charge in [0.2, 0.25) is 5.91 Å². The summed E-state index contributed by atoms with van der Waals surface area (Å²) in [6.07, 6.45) is 8.92. The van der Waals surface area contributed by atoms with E-state index in [0.29, 0.717) is 18.6 Å². The van der Waals surface area contributed by atoms with Gasteiger partial charge in [0.05, 0.1) is 0 Å². The molecule has 0 spiro atoms. The number of carbonyl (C=O) groups is 1. The maximum atomic E-state index is 13.2. The van der Waals surface area contributed by atoms with Crippen LogP contribution in [0.3, 0.4) is 0 Å². The molecule has 1 aliphatic carbocycles. The molecule has 1 aliphatic heterocycles. The highest BCUT2D eigenvalue weighted by molar-refractivity contribution is 5.79. The minimum Gasteiger partial charge on any atom is -0.508 e. The van der Waals surface area contributed by atoms with Crippen LogP contribution in [0.4, 0.5) is 0 Å². The van der Waals surface area contributed by atoms with Crippen molar-refractivity contribution in [3.63, 3.8) is 0 Å². The smallest absolute Gasteiger partial charge is 0.223 e. The van der Waals surface area contributed by atoms with Crippen molar-refractivity contribution in [1.29, 1.82) is 0 Å². The highest BCUT2D eigenvalue weighted by Gasteiger charge is 2.49. The summed E-state index contributed by atoms with van der Waals surface area (Å²) in [7, 11) is 0. The maximum absolute atomic E-state index is 13.2. The zero-order valence-corrected chi connectivity index (χ0v) is 23.2. The summed E-state index contributed by atoms with van der Waals surface area (Å²) in [5, 5.41) is 23.8. The number of nitrogens with one attached hydrogen (secondary N) is 1. The number of benzene rings is 1. The van der Waals surface area contributed by atoms with Crippen molar-refractivity contribution in [3.8, 4) is 11.5 Å². The molecule has 0 saturated heterocycles. The number of amides is 1. The van der Waals surface area contributed by atoms with Crippen LogP contribution in [0.15, 0.2) is 12.1 Å². The lowest BCUT2D eigenvalue weighted by atomic mass is 9.63. The van der Waals surface area contributed by atoms with E-state index in [1.54, 1.807) is 0 Å². The van der Waals surface area contributed by atoms with E-state index in [0.717, 1.165) is 36.1 Å². The van der Waals surface area contributed by atoms with Crippen LogP contribution < -0.4 is 10.1 Å². The Morgan fingerprint density at radius 1 is 1.11 bits per heavy atom. The summed E-state index contributed by atoms with van der Waals surface area (Å²) in [6.45, 7) is 15.0. The van der Waals surface area contributed by atoms with E-state index >= 15 is 0 Å². The van der Waals surface area contributed by atoms with Crippen molar-refractivity contribution in [2.24, 2.45) is 11.8 Å². The van der Waals surface area contributed by atoms with Gasteiger partial charge < -0.3 is 20.3 Å². The molecule has 5 nitrogen and oxygen atoms in total. The van der Waals surface area contributed by atoms with Gasteiger partial charge in [0.1, 0.15) is 17.1 Å². The molecule has 1 heterocycles. The molecule has 198 valence electrons. The van der Waals surface area contributed by atoms with Crippen LogP contribution >= 0.6 is 0 Å². The van der Waals surface area contributed by atoms with Gasteiger partial charge in [-0.15, -0.1) is 0 Å². The van der Waals surface area contributed by atoms with Gasteiger partial charge in [0.15, 0.2) is 0 Å². The topological polar surface area (TPSA) is 78.8 Å². The van der Waals surface area contributed by atoms with E-state index in [1.807, 2.05) is 19.9 Å². The van der Waals surface area contributed by atoms with Gasteiger partial charge >= 0.3 is 0 Å². The van der Waals surface area contributed by atoms with Gasteiger partial charge in [-0.05, 0) is 88.8 Å². The normalized spacial score (nSPS) is 23.7. The molecule has 3 N–H and O–H groups in total. The number of carbonyl (C=O) groups excluding carboxylic acids is 1. The van der Waals surface area contributed by atoms with Crippen molar-refractivity contribution in [1.82, 2.24) is 5.32 Å². The SMILES string of the molecule is CCCCCCC(C)(C)c1cc(O)c2c(c1)OC(C)(C)[C@@H]1CC[C@@H](C(=O)NC(C)(C)CCO)C[C@@H]21. The van der Waals surface area contributed by atoms with Crippen LogP contribution in [0, 0.1) is 11.8 Å². The Morgan fingerprint density at radius 2 is 1.83 bits per heavy atom. The first-order valence-corrected chi connectivity index (χ1v) is 13.8. The number of fused-ring (bicyclic) bond motifs is 3. The summed E-state index contributed by atoms with van der Waals surface area (Å²) >= 11 is 0. The van der Waals surface area contributed by atoms with E-state index in [4.69, 9.17) is 4.74 Å². The number of ether oxygens (including phenoxy) is 1. The number of hydrogen-bond acceptors (Lipinski definition) is 4. The Balaban J connectivity index is 1.86. The lowest BCUT2D eigenvalue weighted by Gasteiger charge is -2.49.